The van der Waals surface area contributed by atoms with Crippen LogP contribution in [0.3, 0.4) is 0 Å². The van der Waals surface area contributed by atoms with Gasteiger partial charge in [0.1, 0.15) is 0 Å². The van der Waals surface area contributed by atoms with E-state index in [9.17, 15) is 0 Å². The average molecular weight is 326 g/mol. The minimum atomic E-state index is 0.300. The lowest BCUT2D eigenvalue weighted by atomic mass is 9.96. The molecule has 1 fully saturated rings. The lowest BCUT2D eigenvalue weighted by Gasteiger charge is -2.37. The molecule has 1 saturated carbocycles. The summed E-state index contributed by atoms with van der Waals surface area (Å²) in [7, 11) is 4.38. The molecule has 0 saturated heterocycles. The summed E-state index contributed by atoms with van der Waals surface area (Å²) in [5.41, 5.74) is 9.31. The molecule has 4 heteroatoms. The van der Waals surface area contributed by atoms with Crippen molar-refractivity contribution in [3.8, 4) is 0 Å². The number of nitrogens with zero attached hydrogens (tertiary/aromatic N) is 1. The maximum absolute atomic E-state index is 5.92. The van der Waals surface area contributed by atoms with Gasteiger partial charge in [0.05, 0.1) is 0 Å². The molecular formula is C15H24BrN3. The van der Waals surface area contributed by atoms with E-state index in [1.54, 1.807) is 0 Å². The van der Waals surface area contributed by atoms with Gasteiger partial charge in [-0.25, -0.2) is 0 Å². The van der Waals surface area contributed by atoms with Gasteiger partial charge >= 0.3 is 0 Å². The third-order valence-corrected chi connectivity index (χ3v) is 5.10. The maximum atomic E-state index is 5.92. The van der Waals surface area contributed by atoms with E-state index in [1.165, 1.54) is 25.7 Å². The zero-order valence-corrected chi connectivity index (χ0v) is 13.7. The van der Waals surface area contributed by atoms with E-state index in [-0.39, 0.29) is 0 Å². The molecule has 0 amide bonds. The van der Waals surface area contributed by atoms with Gasteiger partial charge in [-0.05, 0) is 67.5 Å². The molecule has 0 atom stereocenters. The number of rotatable bonds is 4. The Balaban J connectivity index is 2.11. The Kier molecular flexibility index (Phi) is 4.41. The van der Waals surface area contributed by atoms with Crippen LogP contribution in [0.15, 0.2) is 16.6 Å². The summed E-state index contributed by atoms with van der Waals surface area (Å²) in [5.74, 6) is 0. The number of benzene rings is 1. The Hall–Kier alpha value is -0.740. The van der Waals surface area contributed by atoms with Crippen molar-refractivity contribution < 1.29 is 0 Å². The standard InChI is InChI=1S/C15H24BrN3/c1-11-8-14(12(16)9-13(11)17)18-10-15(19(2)3)6-4-5-7-15/h8-9,18H,4-7,10,17H2,1-3H3. The molecule has 0 bridgehead atoms. The molecule has 1 aromatic rings. The Labute approximate surface area is 124 Å². The van der Waals surface area contributed by atoms with Gasteiger partial charge in [0.15, 0.2) is 0 Å². The lowest BCUT2D eigenvalue weighted by Crippen LogP contribution is -2.47. The fraction of sp³-hybridized carbons (Fsp3) is 0.600. The van der Waals surface area contributed by atoms with E-state index in [4.69, 9.17) is 5.73 Å². The van der Waals surface area contributed by atoms with Crippen LogP contribution in [0, 0.1) is 6.92 Å². The Morgan fingerprint density at radius 3 is 2.53 bits per heavy atom. The molecule has 3 nitrogen and oxygen atoms in total. The molecule has 3 N–H and O–H groups in total. The summed E-state index contributed by atoms with van der Waals surface area (Å²) in [5, 5.41) is 3.60. The molecular weight excluding hydrogens is 302 g/mol. The first-order chi connectivity index (χ1) is 8.94. The summed E-state index contributed by atoms with van der Waals surface area (Å²) in [4.78, 5) is 2.38. The van der Waals surface area contributed by atoms with Gasteiger partial charge in [0, 0.05) is 27.9 Å². The van der Waals surface area contributed by atoms with E-state index in [2.05, 4.69) is 46.3 Å². The molecule has 0 spiro atoms. The molecule has 2 rings (SSSR count). The van der Waals surface area contributed by atoms with Crippen LogP contribution in [0.1, 0.15) is 31.2 Å². The number of nitrogens with one attached hydrogen (secondary N) is 1. The second-order valence-electron chi connectivity index (χ2n) is 5.87. The van der Waals surface area contributed by atoms with E-state index >= 15 is 0 Å². The van der Waals surface area contributed by atoms with Crippen molar-refractivity contribution >= 4 is 27.3 Å². The van der Waals surface area contributed by atoms with E-state index in [0.29, 0.717) is 5.54 Å². The van der Waals surface area contributed by atoms with Gasteiger partial charge in [0.25, 0.3) is 0 Å². The van der Waals surface area contributed by atoms with Crippen molar-refractivity contribution in [1.82, 2.24) is 4.90 Å². The first-order valence-electron chi connectivity index (χ1n) is 6.91. The minimum absolute atomic E-state index is 0.300. The van der Waals surface area contributed by atoms with Crippen molar-refractivity contribution in [1.29, 1.82) is 0 Å². The van der Waals surface area contributed by atoms with Crippen LogP contribution in [0.2, 0.25) is 0 Å². The summed E-state index contributed by atoms with van der Waals surface area (Å²) in [6.07, 6.45) is 5.22. The monoisotopic (exact) mass is 325 g/mol. The van der Waals surface area contributed by atoms with Gasteiger partial charge in [-0.2, -0.15) is 0 Å². The third kappa shape index (κ3) is 3.06. The van der Waals surface area contributed by atoms with Gasteiger partial charge in [-0.15, -0.1) is 0 Å². The molecule has 19 heavy (non-hydrogen) atoms. The van der Waals surface area contributed by atoms with Crippen LogP contribution in [-0.2, 0) is 0 Å². The first-order valence-corrected chi connectivity index (χ1v) is 7.71. The van der Waals surface area contributed by atoms with Gasteiger partial charge < -0.3 is 16.0 Å². The Morgan fingerprint density at radius 2 is 1.95 bits per heavy atom. The molecule has 0 radical (unpaired) electrons. The van der Waals surface area contributed by atoms with E-state index < -0.39 is 0 Å². The van der Waals surface area contributed by atoms with Crippen molar-refractivity contribution in [3.63, 3.8) is 0 Å². The second-order valence-corrected chi connectivity index (χ2v) is 6.72. The fourth-order valence-corrected chi connectivity index (χ4v) is 3.41. The highest BCUT2D eigenvalue weighted by molar-refractivity contribution is 9.10. The zero-order valence-electron chi connectivity index (χ0n) is 12.1. The fourth-order valence-electron chi connectivity index (χ4n) is 2.91. The maximum Gasteiger partial charge on any atom is 0.0489 e. The lowest BCUT2D eigenvalue weighted by molar-refractivity contribution is 0.172. The van der Waals surface area contributed by atoms with Crippen LogP contribution in [-0.4, -0.2) is 31.1 Å². The summed E-state index contributed by atoms with van der Waals surface area (Å²) in [6, 6.07) is 4.10. The predicted molar refractivity (Wildman–Crippen MR) is 86.7 cm³/mol. The number of halogens is 1. The molecule has 0 aliphatic heterocycles. The summed E-state index contributed by atoms with van der Waals surface area (Å²) in [6.45, 7) is 3.03. The van der Waals surface area contributed by atoms with E-state index in [1.807, 2.05) is 13.0 Å². The molecule has 106 valence electrons. The number of anilines is 2. The molecule has 0 unspecified atom stereocenters. The van der Waals surface area contributed by atoms with Crippen molar-refractivity contribution in [2.45, 2.75) is 38.1 Å². The van der Waals surface area contributed by atoms with Gasteiger partial charge in [-0.1, -0.05) is 12.8 Å². The average Bonchev–Trinajstić information content (AvgIpc) is 2.82. The number of likely N-dealkylation sites (N-methyl/N-ethyl adjacent to an activating group) is 1. The SMILES string of the molecule is Cc1cc(NCC2(N(C)C)CCCC2)c(Br)cc1N. The second kappa shape index (κ2) is 5.71. The van der Waals surface area contributed by atoms with Crippen molar-refractivity contribution in [2.24, 2.45) is 0 Å². The predicted octanol–water partition coefficient (Wildman–Crippen LogP) is 3.63. The largest absolute Gasteiger partial charge is 0.398 e. The van der Waals surface area contributed by atoms with Crippen LogP contribution in [0.4, 0.5) is 11.4 Å². The molecule has 0 heterocycles. The van der Waals surface area contributed by atoms with Crippen LogP contribution in [0.5, 0.6) is 0 Å². The highest BCUT2D eigenvalue weighted by Crippen LogP contribution is 2.35. The normalized spacial score (nSPS) is 17.9. The van der Waals surface area contributed by atoms with Gasteiger partial charge in [0.2, 0.25) is 0 Å². The first kappa shape index (κ1) is 14.7. The quantitative estimate of drug-likeness (QED) is 0.830. The Bertz CT molecular complexity index is 451. The number of nitrogen functional groups attached to an aromatic ring is 1. The topological polar surface area (TPSA) is 41.3 Å². The molecule has 1 aromatic carbocycles. The minimum Gasteiger partial charge on any atom is -0.398 e. The number of nitrogens with two attached hydrogens (primary N) is 1. The summed E-state index contributed by atoms with van der Waals surface area (Å²) < 4.78 is 1.04. The molecule has 1 aliphatic rings. The smallest absolute Gasteiger partial charge is 0.0489 e. The highest BCUT2D eigenvalue weighted by Gasteiger charge is 2.35. The summed E-state index contributed by atoms with van der Waals surface area (Å²) >= 11 is 3.59. The van der Waals surface area contributed by atoms with Crippen LogP contribution >= 0.6 is 15.9 Å². The third-order valence-electron chi connectivity index (χ3n) is 4.45. The Morgan fingerprint density at radius 1 is 1.32 bits per heavy atom. The van der Waals surface area contributed by atoms with Crippen molar-refractivity contribution in [3.05, 3.63) is 22.2 Å². The van der Waals surface area contributed by atoms with Gasteiger partial charge in [-0.3, -0.25) is 0 Å². The number of aryl methyl sites for hydroxylation is 1. The number of hydrogen-bond donors (Lipinski definition) is 2. The van der Waals surface area contributed by atoms with Crippen LogP contribution in [0.25, 0.3) is 0 Å². The van der Waals surface area contributed by atoms with Crippen LogP contribution < -0.4 is 11.1 Å². The highest BCUT2D eigenvalue weighted by atomic mass is 79.9. The number of hydrogen-bond acceptors (Lipinski definition) is 3. The molecule has 1 aliphatic carbocycles. The van der Waals surface area contributed by atoms with E-state index in [0.717, 1.165) is 28.0 Å². The molecule has 0 aromatic heterocycles. The zero-order chi connectivity index (χ0) is 14.0. The van der Waals surface area contributed by atoms with Crippen molar-refractivity contribution in [2.75, 3.05) is 31.7 Å².